The zero-order chi connectivity index (χ0) is 13.5. The van der Waals surface area contributed by atoms with E-state index in [0.29, 0.717) is 12.0 Å². The number of carboxylic acid groups (broad SMARTS) is 1. The van der Waals surface area contributed by atoms with Crippen LogP contribution in [0, 0.1) is 5.92 Å². The van der Waals surface area contributed by atoms with Crippen LogP contribution in [0.3, 0.4) is 0 Å². The SMILES string of the molecule is CCCOC(=O)C(C(=O)O)C(N)c1ccccc1. The molecule has 98 valence electrons. The van der Waals surface area contributed by atoms with E-state index in [1.165, 1.54) is 0 Å². The normalized spacial score (nSPS) is 13.7. The first-order valence-electron chi connectivity index (χ1n) is 5.78. The Morgan fingerprint density at radius 1 is 1.33 bits per heavy atom. The first-order valence-corrected chi connectivity index (χ1v) is 5.78. The molecular weight excluding hydrogens is 234 g/mol. The molecule has 0 aromatic heterocycles. The number of carbonyl (C=O) groups is 2. The Bertz CT molecular complexity index is 405. The number of hydrogen-bond donors (Lipinski definition) is 2. The Morgan fingerprint density at radius 2 is 1.94 bits per heavy atom. The van der Waals surface area contributed by atoms with E-state index >= 15 is 0 Å². The van der Waals surface area contributed by atoms with Crippen LogP contribution in [-0.4, -0.2) is 23.7 Å². The van der Waals surface area contributed by atoms with E-state index in [0.717, 1.165) is 0 Å². The minimum absolute atomic E-state index is 0.199. The van der Waals surface area contributed by atoms with Gasteiger partial charge in [-0.05, 0) is 12.0 Å². The van der Waals surface area contributed by atoms with E-state index in [1.807, 2.05) is 6.92 Å². The Kier molecular flexibility index (Phi) is 5.32. The molecule has 0 aliphatic heterocycles. The number of carbonyl (C=O) groups excluding carboxylic acids is 1. The van der Waals surface area contributed by atoms with Crippen LogP contribution in [0.4, 0.5) is 0 Å². The van der Waals surface area contributed by atoms with Gasteiger partial charge in [-0.15, -0.1) is 0 Å². The average Bonchev–Trinajstić information content (AvgIpc) is 2.37. The lowest BCUT2D eigenvalue weighted by Gasteiger charge is -2.19. The summed E-state index contributed by atoms with van der Waals surface area (Å²) < 4.78 is 4.86. The fourth-order valence-corrected chi connectivity index (χ4v) is 1.56. The second-order valence-corrected chi connectivity index (χ2v) is 3.92. The molecule has 18 heavy (non-hydrogen) atoms. The first-order chi connectivity index (χ1) is 8.57. The van der Waals surface area contributed by atoms with E-state index in [1.54, 1.807) is 30.3 Å². The third-order valence-electron chi connectivity index (χ3n) is 2.51. The highest BCUT2D eigenvalue weighted by Crippen LogP contribution is 2.21. The van der Waals surface area contributed by atoms with Crippen molar-refractivity contribution in [3.8, 4) is 0 Å². The average molecular weight is 251 g/mol. The molecule has 0 saturated carbocycles. The van der Waals surface area contributed by atoms with Crippen LogP contribution in [-0.2, 0) is 14.3 Å². The zero-order valence-electron chi connectivity index (χ0n) is 10.2. The lowest BCUT2D eigenvalue weighted by Crippen LogP contribution is -2.36. The summed E-state index contributed by atoms with van der Waals surface area (Å²) in [4.78, 5) is 22.8. The molecule has 0 amide bonds. The van der Waals surface area contributed by atoms with E-state index < -0.39 is 23.9 Å². The lowest BCUT2D eigenvalue weighted by atomic mass is 9.94. The highest BCUT2D eigenvalue weighted by atomic mass is 16.5. The second kappa shape index (κ2) is 6.76. The zero-order valence-corrected chi connectivity index (χ0v) is 10.2. The number of aliphatic carboxylic acids is 1. The molecule has 0 spiro atoms. The number of ether oxygens (including phenoxy) is 1. The second-order valence-electron chi connectivity index (χ2n) is 3.92. The van der Waals surface area contributed by atoms with Gasteiger partial charge < -0.3 is 15.6 Å². The Morgan fingerprint density at radius 3 is 2.44 bits per heavy atom. The molecular formula is C13H17NO4. The molecule has 1 aromatic rings. The fraction of sp³-hybridized carbons (Fsp3) is 0.385. The summed E-state index contributed by atoms with van der Waals surface area (Å²) in [7, 11) is 0. The molecule has 0 saturated heterocycles. The molecule has 1 rings (SSSR count). The van der Waals surface area contributed by atoms with E-state index in [4.69, 9.17) is 15.6 Å². The maximum absolute atomic E-state index is 11.7. The lowest BCUT2D eigenvalue weighted by molar-refractivity contribution is -0.159. The molecule has 0 aliphatic carbocycles. The summed E-state index contributed by atoms with van der Waals surface area (Å²) in [6, 6.07) is 7.74. The van der Waals surface area contributed by atoms with Crippen LogP contribution < -0.4 is 5.73 Å². The quantitative estimate of drug-likeness (QED) is 0.588. The van der Waals surface area contributed by atoms with Crippen LogP contribution in [0.5, 0.6) is 0 Å². The van der Waals surface area contributed by atoms with Gasteiger partial charge in [-0.1, -0.05) is 37.3 Å². The van der Waals surface area contributed by atoms with Crippen LogP contribution in [0.2, 0.25) is 0 Å². The Balaban J connectivity index is 2.85. The molecule has 3 N–H and O–H groups in total. The Hall–Kier alpha value is -1.88. The van der Waals surface area contributed by atoms with Crippen LogP contribution in [0.25, 0.3) is 0 Å². The van der Waals surface area contributed by atoms with Crippen molar-refractivity contribution in [2.75, 3.05) is 6.61 Å². The minimum atomic E-state index is -1.38. The molecule has 5 nitrogen and oxygen atoms in total. The molecule has 0 fully saturated rings. The molecule has 2 atom stereocenters. The van der Waals surface area contributed by atoms with Crippen molar-refractivity contribution in [3.05, 3.63) is 35.9 Å². The van der Waals surface area contributed by atoms with Crippen LogP contribution in [0.1, 0.15) is 24.9 Å². The third kappa shape index (κ3) is 3.56. The molecule has 2 unspecified atom stereocenters. The summed E-state index contributed by atoms with van der Waals surface area (Å²) in [6.07, 6.45) is 0.638. The van der Waals surface area contributed by atoms with Crippen molar-refractivity contribution in [2.45, 2.75) is 19.4 Å². The highest BCUT2D eigenvalue weighted by Gasteiger charge is 2.34. The minimum Gasteiger partial charge on any atom is -0.481 e. The van der Waals surface area contributed by atoms with Gasteiger partial charge in [0.05, 0.1) is 12.6 Å². The first kappa shape index (κ1) is 14.2. The number of rotatable bonds is 6. The maximum Gasteiger partial charge on any atom is 0.322 e. The van der Waals surface area contributed by atoms with Crippen molar-refractivity contribution in [1.82, 2.24) is 0 Å². The van der Waals surface area contributed by atoms with Crippen molar-refractivity contribution in [2.24, 2.45) is 11.7 Å². The molecule has 0 radical (unpaired) electrons. The molecule has 1 aromatic carbocycles. The standard InChI is InChI=1S/C13H17NO4/c1-2-8-18-13(17)10(12(15)16)11(14)9-6-4-3-5-7-9/h3-7,10-11H,2,8,14H2,1H3,(H,15,16). The van der Waals surface area contributed by atoms with Gasteiger partial charge in [0.2, 0.25) is 0 Å². The third-order valence-corrected chi connectivity index (χ3v) is 2.51. The number of esters is 1. The number of nitrogens with two attached hydrogens (primary N) is 1. The maximum atomic E-state index is 11.7. The van der Waals surface area contributed by atoms with Gasteiger partial charge in [0.15, 0.2) is 5.92 Å². The summed E-state index contributed by atoms with van der Waals surface area (Å²) in [5.41, 5.74) is 6.43. The number of benzene rings is 1. The van der Waals surface area contributed by atoms with Gasteiger partial charge >= 0.3 is 11.9 Å². The van der Waals surface area contributed by atoms with E-state index in [-0.39, 0.29) is 6.61 Å². The fourth-order valence-electron chi connectivity index (χ4n) is 1.56. The summed E-state index contributed by atoms with van der Waals surface area (Å²) in [6.45, 7) is 2.03. The monoisotopic (exact) mass is 251 g/mol. The van der Waals surface area contributed by atoms with Crippen LogP contribution >= 0.6 is 0 Å². The molecule has 0 heterocycles. The van der Waals surface area contributed by atoms with Crippen molar-refractivity contribution < 1.29 is 19.4 Å². The predicted molar refractivity (Wildman–Crippen MR) is 65.7 cm³/mol. The smallest absolute Gasteiger partial charge is 0.322 e. The molecule has 0 bridgehead atoms. The number of hydrogen-bond acceptors (Lipinski definition) is 4. The van der Waals surface area contributed by atoms with Crippen LogP contribution in [0.15, 0.2) is 30.3 Å². The van der Waals surface area contributed by atoms with Gasteiger partial charge in [-0.2, -0.15) is 0 Å². The summed E-state index contributed by atoms with van der Waals surface area (Å²) in [5, 5.41) is 9.09. The highest BCUT2D eigenvalue weighted by molar-refractivity contribution is 5.95. The molecule has 5 heteroatoms. The van der Waals surface area contributed by atoms with Gasteiger partial charge in [0, 0.05) is 0 Å². The largest absolute Gasteiger partial charge is 0.481 e. The topological polar surface area (TPSA) is 89.6 Å². The molecule has 0 aliphatic rings. The predicted octanol–water partition coefficient (Wildman–Crippen LogP) is 1.34. The van der Waals surface area contributed by atoms with Gasteiger partial charge in [-0.25, -0.2) is 0 Å². The van der Waals surface area contributed by atoms with Crippen molar-refractivity contribution >= 4 is 11.9 Å². The Labute approximate surface area is 106 Å². The summed E-state index contributed by atoms with van der Waals surface area (Å²) in [5.74, 6) is -3.44. The van der Waals surface area contributed by atoms with E-state index in [9.17, 15) is 9.59 Å². The van der Waals surface area contributed by atoms with Gasteiger partial charge in [0.25, 0.3) is 0 Å². The van der Waals surface area contributed by atoms with Crippen molar-refractivity contribution in [3.63, 3.8) is 0 Å². The summed E-state index contributed by atoms with van der Waals surface area (Å²) >= 11 is 0. The number of carboxylic acids is 1. The van der Waals surface area contributed by atoms with Gasteiger partial charge in [0.1, 0.15) is 0 Å². The van der Waals surface area contributed by atoms with E-state index in [2.05, 4.69) is 0 Å². The van der Waals surface area contributed by atoms with Gasteiger partial charge in [-0.3, -0.25) is 9.59 Å². The van der Waals surface area contributed by atoms with Crippen molar-refractivity contribution in [1.29, 1.82) is 0 Å².